The van der Waals surface area contributed by atoms with Gasteiger partial charge in [-0.25, -0.2) is 0 Å². The number of aromatic nitrogens is 2. The van der Waals surface area contributed by atoms with Crippen molar-refractivity contribution in [1.82, 2.24) is 15.1 Å². The van der Waals surface area contributed by atoms with Gasteiger partial charge < -0.3 is 5.32 Å². The zero-order valence-corrected chi connectivity index (χ0v) is 11.3. The van der Waals surface area contributed by atoms with Crippen LogP contribution in [0.4, 0.5) is 0 Å². The third kappa shape index (κ3) is 1.90. The molecule has 0 aliphatic carbocycles. The molecule has 1 unspecified atom stereocenters. The third-order valence-electron chi connectivity index (χ3n) is 2.79. The largest absolute Gasteiger partial charge is 0.309 e. The second kappa shape index (κ2) is 4.25. The van der Waals surface area contributed by atoms with Crippen LogP contribution in [0.1, 0.15) is 16.5 Å². The molecule has 3 aromatic rings. The lowest BCUT2D eigenvalue weighted by Gasteiger charge is -2.11. The molecule has 0 aromatic carbocycles. The summed E-state index contributed by atoms with van der Waals surface area (Å²) in [4.78, 5) is 1.35. The summed E-state index contributed by atoms with van der Waals surface area (Å²) in [6.07, 6.45) is 3.99. The number of thiophene rings is 2. The minimum Gasteiger partial charge on any atom is -0.309 e. The Labute approximate surface area is 108 Å². The fraction of sp³-hybridized carbons (Fsp3) is 0.250. The Morgan fingerprint density at radius 2 is 2.29 bits per heavy atom. The number of fused-ring (bicyclic) bond motifs is 1. The van der Waals surface area contributed by atoms with E-state index in [2.05, 4.69) is 34.1 Å². The highest BCUT2D eigenvalue weighted by Gasteiger charge is 2.16. The van der Waals surface area contributed by atoms with E-state index in [0.717, 1.165) is 0 Å². The van der Waals surface area contributed by atoms with E-state index in [1.54, 1.807) is 11.3 Å². The van der Waals surface area contributed by atoms with Gasteiger partial charge in [0, 0.05) is 33.1 Å². The van der Waals surface area contributed by atoms with Gasteiger partial charge in [0.1, 0.15) is 0 Å². The molecule has 88 valence electrons. The minimum absolute atomic E-state index is 0.244. The maximum absolute atomic E-state index is 4.24. The van der Waals surface area contributed by atoms with E-state index >= 15 is 0 Å². The standard InChI is InChI=1S/C12H13N3S2/c1-13-12(8-6-14-15(2)7-8)11-5-10-9(17-11)3-4-16-10/h3-7,12-13H,1-2H3. The molecule has 0 radical (unpaired) electrons. The summed E-state index contributed by atoms with van der Waals surface area (Å²) in [6, 6.07) is 4.71. The number of aryl methyl sites for hydroxylation is 1. The number of nitrogens with one attached hydrogen (secondary N) is 1. The summed E-state index contributed by atoms with van der Waals surface area (Å²) >= 11 is 3.65. The van der Waals surface area contributed by atoms with Crippen molar-refractivity contribution in [2.24, 2.45) is 7.05 Å². The predicted octanol–water partition coefficient (Wildman–Crippen LogP) is 3.01. The monoisotopic (exact) mass is 263 g/mol. The van der Waals surface area contributed by atoms with Crippen LogP contribution in [0, 0.1) is 0 Å². The van der Waals surface area contributed by atoms with Gasteiger partial charge in [0.2, 0.25) is 0 Å². The molecule has 3 rings (SSSR count). The molecule has 3 heterocycles. The Kier molecular flexibility index (Phi) is 2.74. The lowest BCUT2D eigenvalue weighted by atomic mass is 10.1. The van der Waals surface area contributed by atoms with Crippen molar-refractivity contribution in [3.63, 3.8) is 0 Å². The van der Waals surface area contributed by atoms with E-state index < -0.39 is 0 Å². The van der Waals surface area contributed by atoms with Crippen LogP contribution in [0.2, 0.25) is 0 Å². The Hall–Kier alpha value is -1.17. The van der Waals surface area contributed by atoms with Crippen LogP contribution in [0.15, 0.2) is 29.9 Å². The van der Waals surface area contributed by atoms with E-state index in [4.69, 9.17) is 0 Å². The van der Waals surface area contributed by atoms with E-state index in [0.29, 0.717) is 0 Å². The topological polar surface area (TPSA) is 29.9 Å². The van der Waals surface area contributed by atoms with E-state index in [1.807, 2.05) is 36.3 Å². The smallest absolute Gasteiger partial charge is 0.0700 e. The predicted molar refractivity (Wildman–Crippen MR) is 73.8 cm³/mol. The van der Waals surface area contributed by atoms with Gasteiger partial charge in [-0.05, 0) is 24.6 Å². The van der Waals surface area contributed by atoms with Gasteiger partial charge in [-0.3, -0.25) is 4.68 Å². The molecule has 1 atom stereocenters. The first-order chi connectivity index (χ1) is 8.28. The summed E-state index contributed by atoms with van der Waals surface area (Å²) in [5, 5.41) is 9.74. The second-order valence-electron chi connectivity index (χ2n) is 3.97. The highest BCUT2D eigenvalue weighted by molar-refractivity contribution is 7.27. The summed E-state index contributed by atoms with van der Waals surface area (Å²) < 4.78 is 4.58. The van der Waals surface area contributed by atoms with Crippen molar-refractivity contribution in [2.75, 3.05) is 7.05 Å². The van der Waals surface area contributed by atoms with Crippen LogP contribution in [0.3, 0.4) is 0 Å². The summed E-state index contributed by atoms with van der Waals surface area (Å²) in [5.74, 6) is 0. The Balaban J connectivity index is 2.03. The number of hydrogen-bond donors (Lipinski definition) is 1. The first-order valence-corrected chi connectivity index (χ1v) is 7.10. The fourth-order valence-electron chi connectivity index (χ4n) is 1.99. The van der Waals surface area contributed by atoms with Gasteiger partial charge in [0.25, 0.3) is 0 Å². The zero-order chi connectivity index (χ0) is 11.8. The lowest BCUT2D eigenvalue weighted by molar-refractivity contribution is 0.701. The van der Waals surface area contributed by atoms with Crippen molar-refractivity contribution >= 4 is 32.1 Å². The molecule has 0 aliphatic heterocycles. The van der Waals surface area contributed by atoms with E-state index in [1.165, 1.54) is 19.8 Å². The quantitative estimate of drug-likeness (QED) is 0.787. The minimum atomic E-state index is 0.244. The second-order valence-corrected chi connectivity index (χ2v) is 6.03. The van der Waals surface area contributed by atoms with Crippen LogP contribution >= 0.6 is 22.7 Å². The summed E-state index contributed by atoms with van der Waals surface area (Å²) in [7, 11) is 3.94. The van der Waals surface area contributed by atoms with Gasteiger partial charge in [-0.1, -0.05) is 0 Å². The molecule has 17 heavy (non-hydrogen) atoms. The molecule has 1 N–H and O–H groups in total. The van der Waals surface area contributed by atoms with E-state index in [-0.39, 0.29) is 6.04 Å². The first kappa shape index (κ1) is 11.0. The molecule has 0 aliphatic rings. The van der Waals surface area contributed by atoms with Crippen LogP contribution in [-0.2, 0) is 7.05 Å². The Morgan fingerprint density at radius 1 is 1.41 bits per heavy atom. The maximum Gasteiger partial charge on any atom is 0.0700 e. The summed E-state index contributed by atoms with van der Waals surface area (Å²) in [5.41, 5.74) is 1.21. The van der Waals surface area contributed by atoms with Crippen LogP contribution in [0.25, 0.3) is 9.40 Å². The average Bonchev–Trinajstić information content (AvgIpc) is 2.95. The molecular formula is C12H13N3S2. The highest BCUT2D eigenvalue weighted by Crippen LogP contribution is 2.35. The van der Waals surface area contributed by atoms with Crippen molar-refractivity contribution in [3.8, 4) is 0 Å². The van der Waals surface area contributed by atoms with Crippen LogP contribution < -0.4 is 5.32 Å². The summed E-state index contributed by atoms with van der Waals surface area (Å²) in [6.45, 7) is 0. The zero-order valence-electron chi connectivity index (χ0n) is 9.68. The van der Waals surface area contributed by atoms with Gasteiger partial charge >= 0.3 is 0 Å². The molecule has 0 spiro atoms. The molecule has 0 amide bonds. The SMILES string of the molecule is CNC(c1cnn(C)c1)c1cc2sccc2s1. The van der Waals surface area contributed by atoms with Gasteiger partial charge in [-0.15, -0.1) is 22.7 Å². The molecule has 3 nitrogen and oxygen atoms in total. The molecule has 5 heteroatoms. The Bertz CT molecular complexity index is 606. The molecule has 0 saturated carbocycles. The maximum atomic E-state index is 4.24. The molecule has 0 saturated heterocycles. The number of rotatable bonds is 3. The lowest BCUT2D eigenvalue weighted by Crippen LogP contribution is -2.15. The first-order valence-electron chi connectivity index (χ1n) is 5.40. The highest BCUT2D eigenvalue weighted by atomic mass is 32.1. The number of hydrogen-bond acceptors (Lipinski definition) is 4. The van der Waals surface area contributed by atoms with Gasteiger partial charge in [-0.2, -0.15) is 5.10 Å². The molecule has 3 aromatic heterocycles. The van der Waals surface area contributed by atoms with Gasteiger partial charge in [0.05, 0.1) is 12.2 Å². The number of nitrogens with zero attached hydrogens (tertiary/aromatic N) is 2. The van der Waals surface area contributed by atoms with Crippen molar-refractivity contribution in [2.45, 2.75) is 6.04 Å². The Morgan fingerprint density at radius 3 is 2.94 bits per heavy atom. The van der Waals surface area contributed by atoms with Crippen molar-refractivity contribution in [3.05, 3.63) is 40.3 Å². The van der Waals surface area contributed by atoms with Crippen LogP contribution in [-0.4, -0.2) is 16.8 Å². The molecular weight excluding hydrogens is 250 g/mol. The molecule has 0 fully saturated rings. The van der Waals surface area contributed by atoms with E-state index in [9.17, 15) is 0 Å². The van der Waals surface area contributed by atoms with Crippen molar-refractivity contribution in [1.29, 1.82) is 0 Å². The normalized spacial score (nSPS) is 13.3. The average molecular weight is 263 g/mol. The van der Waals surface area contributed by atoms with Crippen molar-refractivity contribution < 1.29 is 0 Å². The van der Waals surface area contributed by atoms with Crippen LogP contribution in [0.5, 0.6) is 0 Å². The molecule has 0 bridgehead atoms. The fourth-order valence-corrected chi connectivity index (χ4v) is 4.25. The third-order valence-corrected chi connectivity index (χ3v) is 4.95. The van der Waals surface area contributed by atoms with Gasteiger partial charge in [0.15, 0.2) is 0 Å².